The Kier molecular flexibility index (Phi) is 5.33. The highest BCUT2D eigenvalue weighted by Gasteiger charge is 2.15. The third kappa shape index (κ3) is 3.86. The highest BCUT2D eigenvalue weighted by Crippen LogP contribution is 2.36. The van der Waals surface area contributed by atoms with Crippen LogP contribution in [0.3, 0.4) is 0 Å². The van der Waals surface area contributed by atoms with E-state index in [1.54, 1.807) is 17.5 Å². The van der Waals surface area contributed by atoms with Crippen LogP contribution in [0.5, 0.6) is 0 Å². The number of methoxy groups -OCH3 is 1. The Morgan fingerprint density at radius 2 is 1.92 bits per heavy atom. The molecule has 0 amide bonds. The van der Waals surface area contributed by atoms with Gasteiger partial charge in [0.2, 0.25) is 0 Å². The fourth-order valence-corrected chi connectivity index (χ4v) is 3.57. The lowest BCUT2D eigenvalue weighted by atomic mass is 10.1. The number of pyridine rings is 1. The van der Waals surface area contributed by atoms with Crippen molar-refractivity contribution in [3.05, 3.63) is 59.9 Å². The van der Waals surface area contributed by atoms with Crippen molar-refractivity contribution in [3.63, 3.8) is 0 Å². The first kappa shape index (κ1) is 16.3. The monoisotopic (exact) mass is 338 g/mol. The average Bonchev–Trinajstić information content (AvgIpc) is 3.07. The molecule has 0 saturated carbocycles. The molecule has 0 unspecified atom stereocenters. The zero-order valence-electron chi connectivity index (χ0n) is 13.4. The van der Waals surface area contributed by atoms with Crippen molar-refractivity contribution < 1.29 is 9.53 Å². The fourth-order valence-electron chi connectivity index (χ4n) is 2.44. The molecule has 2 aromatic heterocycles. The molecule has 2 heterocycles. The van der Waals surface area contributed by atoms with Crippen LogP contribution in [0.25, 0.3) is 21.7 Å². The minimum atomic E-state index is -0.178. The van der Waals surface area contributed by atoms with Crippen molar-refractivity contribution in [2.75, 3.05) is 7.11 Å². The van der Waals surface area contributed by atoms with E-state index in [2.05, 4.69) is 17.1 Å². The van der Waals surface area contributed by atoms with Crippen LogP contribution in [0.15, 0.2) is 54.9 Å². The van der Waals surface area contributed by atoms with Crippen molar-refractivity contribution in [1.82, 2.24) is 9.97 Å². The van der Waals surface area contributed by atoms with Crippen LogP contribution in [-0.4, -0.2) is 23.0 Å². The van der Waals surface area contributed by atoms with Crippen molar-refractivity contribution in [2.45, 2.75) is 19.3 Å². The van der Waals surface area contributed by atoms with Crippen molar-refractivity contribution in [3.8, 4) is 21.7 Å². The molecule has 0 atom stereocenters. The summed E-state index contributed by atoms with van der Waals surface area (Å²) in [4.78, 5) is 21.4. The van der Waals surface area contributed by atoms with Gasteiger partial charge in [0.05, 0.1) is 22.7 Å². The summed E-state index contributed by atoms with van der Waals surface area (Å²) in [5.74, 6) is -0.178. The number of aromatic nitrogens is 2. The number of nitrogens with zero attached hydrogens (tertiary/aromatic N) is 2. The predicted molar refractivity (Wildman–Crippen MR) is 95.7 cm³/mol. The van der Waals surface area contributed by atoms with E-state index in [9.17, 15) is 4.79 Å². The van der Waals surface area contributed by atoms with Crippen molar-refractivity contribution in [2.24, 2.45) is 0 Å². The molecule has 0 saturated heterocycles. The van der Waals surface area contributed by atoms with Crippen LogP contribution in [0.1, 0.15) is 17.8 Å². The summed E-state index contributed by atoms with van der Waals surface area (Å²) in [6.45, 7) is 0. The summed E-state index contributed by atoms with van der Waals surface area (Å²) in [6.07, 6.45) is 5.51. The molecule has 122 valence electrons. The van der Waals surface area contributed by atoms with E-state index >= 15 is 0 Å². The Morgan fingerprint density at radius 3 is 2.62 bits per heavy atom. The van der Waals surface area contributed by atoms with Gasteiger partial charge in [-0.15, -0.1) is 11.3 Å². The first-order chi connectivity index (χ1) is 11.8. The van der Waals surface area contributed by atoms with E-state index in [-0.39, 0.29) is 5.97 Å². The van der Waals surface area contributed by atoms with Crippen LogP contribution in [-0.2, 0) is 16.0 Å². The van der Waals surface area contributed by atoms with E-state index in [1.807, 2.05) is 36.5 Å². The van der Waals surface area contributed by atoms with E-state index in [1.165, 1.54) is 7.11 Å². The van der Waals surface area contributed by atoms with Gasteiger partial charge in [-0.3, -0.25) is 9.78 Å². The second-order valence-electron chi connectivity index (χ2n) is 5.32. The molecule has 0 aliphatic rings. The number of benzene rings is 1. The van der Waals surface area contributed by atoms with Crippen LogP contribution >= 0.6 is 11.3 Å². The second kappa shape index (κ2) is 7.84. The molecular weight excluding hydrogens is 320 g/mol. The van der Waals surface area contributed by atoms with Crippen LogP contribution in [0.2, 0.25) is 0 Å². The molecule has 0 radical (unpaired) electrons. The lowest BCUT2D eigenvalue weighted by Gasteiger charge is -2.01. The molecular formula is C19H18N2O2S. The molecule has 0 aliphatic carbocycles. The van der Waals surface area contributed by atoms with Gasteiger partial charge in [0.15, 0.2) is 0 Å². The molecule has 3 aromatic rings. The first-order valence-corrected chi connectivity index (χ1v) is 8.62. The summed E-state index contributed by atoms with van der Waals surface area (Å²) >= 11 is 1.68. The first-order valence-electron chi connectivity index (χ1n) is 7.80. The van der Waals surface area contributed by atoms with Gasteiger partial charge < -0.3 is 4.74 Å². The standard InChI is InChI=1S/C19H18N2O2S/c1-23-17(22)11-5-10-16-21-18(15-9-6-12-20-13-15)19(24-16)14-7-3-2-4-8-14/h2-4,6-9,12-13H,5,10-11H2,1H3. The smallest absolute Gasteiger partial charge is 0.305 e. The topological polar surface area (TPSA) is 52.1 Å². The molecule has 0 N–H and O–H groups in total. The number of carbonyl (C=O) groups excluding carboxylic acids is 1. The van der Waals surface area contributed by atoms with E-state index < -0.39 is 0 Å². The third-order valence-electron chi connectivity index (χ3n) is 3.64. The number of rotatable bonds is 6. The van der Waals surface area contributed by atoms with Gasteiger partial charge in [-0.1, -0.05) is 30.3 Å². The number of ether oxygens (including phenoxy) is 1. The SMILES string of the molecule is COC(=O)CCCc1nc(-c2cccnc2)c(-c2ccccc2)s1. The quantitative estimate of drug-likeness (QED) is 0.626. The summed E-state index contributed by atoms with van der Waals surface area (Å²) < 4.78 is 4.69. The molecule has 0 bridgehead atoms. The highest BCUT2D eigenvalue weighted by atomic mass is 32.1. The predicted octanol–water partition coefficient (Wildman–Crippen LogP) is 4.37. The molecule has 3 rings (SSSR count). The van der Waals surface area contributed by atoms with Crippen molar-refractivity contribution >= 4 is 17.3 Å². The second-order valence-corrected chi connectivity index (χ2v) is 6.41. The molecule has 0 fully saturated rings. The lowest BCUT2D eigenvalue weighted by molar-refractivity contribution is -0.140. The molecule has 24 heavy (non-hydrogen) atoms. The summed E-state index contributed by atoms with van der Waals surface area (Å²) in [5.41, 5.74) is 3.10. The molecule has 0 spiro atoms. The Morgan fingerprint density at radius 1 is 1.12 bits per heavy atom. The van der Waals surface area contributed by atoms with E-state index in [4.69, 9.17) is 9.72 Å². The van der Waals surface area contributed by atoms with Gasteiger partial charge in [0.25, 0.3) is 0 Å². The van der Waals surface area contributed by atoms with Crippen molar-refractivity contribution in [1.29, 1.82) is 0 Å². The zero-order chi connectivity index (χ0) is 16.8. The number of hydrogen-bond donors (Lipinski definition) is 0. The van der Waals surface area contributed by atoms with Gasteiger partial charge in [0, 0.05) is 24.4 Å². The largest absolute Gasteiger partial charge is 0.469 e. The summed E-state index contributed by atoms with van der Waals surface area (Å²) in [7, 11) is 1.42. The minimum Gasteiger partial charge on any atom is -0.469 e. The van der Waals surface area contributed by atoms with Gasteiger partial charge in [-0.25, -0.2) is 4.98 Å². The number of aryl methyl sites for hydroxylation is 1. The Hall–Kier alpha value is -2.53. The minimum absolute atomic E-state index is 0.178. The number of esters is 1. The Bertz CT molecular complexity index is 744. The molecule has 5 heteroatoms. The number of thiazole rings is 1. The normalized spacial score (nSPS) is 10.5. The third-order valence-corrected chi connectivity index (χ3v) is 4.81. The molecule has 4 nitrogen and oxygen atoms in total. The zero-order valence-corrected chi connectivity index (χ0v) is 14.3. The Labute approximate surface area is 145 Å². The van der Waals surface area contributed by atoms with E-state index in [0.717, 1.165) is 39.5 Å². The molecule has 0 aliphatic heterocycles. The fraction of sp³-hybridized carbons (Fsp3) is 0.211. The van der Waals surface area contributed by atoms with Crippen LogP contribution < -0.4 is 0 Å². The maximum absolute atomic E-state index is 11.3. The van der Waals surface area contributed by atoms with Gasteiger partial charge in [0.1, 0.15) is 0 Å². The Balaban J connectivity index is 1.90. The maximum Gasteiger partial charge on any atom is 0.305 e. The van der Waals surface area contributed by atoms with Gasteiger partial charge >= 0.3 is 5.97 Å². The maximum atomic E-state index is 11.3. The lowest BCUT2D eigenvalue weighted by Crippen LogP contribution is -2.00. The molecule has 1 aromatic carbocycles. The van der Waals surface area contributed by atoms with Gasteiger partial charge in [-0.2, -0.15) is 0 Å². The summed E-state index contributed by atoms with van der Waals surface area (Å²) in [6, 6.07) is 14.2. The van der Waals surface area contributed by atoms with Crippen LogP contribution in [0, 0.1) is 0 Å². The highest BCUT2D eigenvalue weighted by molar-refractivity contribution is 7.15. The number of carbonyl (C=O) groups is 1. The van der Waals surface area contributed by atoms with Crippen LogP contribution in [0.4, 0.5) is 0 Å². The average molecular weight is 338 g/mol. The van der Waals surface area contributed by atoms with E-state index in [0.29, 0.717) is 6.42 Å². The van der Waals surface area contributed by atoms with Gasteiger partial charge in [-0.05, 0) is 30.5 Å². The summed E-state index contributed by atoms with van der Waals surface area (Å²) in [5, 5.41) is 1.02. The number of hydrogen-bond acceptors (Lipinski definition) is 5.